The van der Waals surface area contributed by atoms with Gasteiger partial charge in [-0.3, -0.25) is 0 Å². The van der Waals surface area contributed by atoms with Crippen LogP contribution in [0.15, 0.2) is 59.6 Å². The Morgan fingerprint density at radius 3 is 2.83 bits per heavy atom. The minimum atomic E-state index is -0.357. The average molecular weight is 338 g/mol. The number of nitrogens with zero attached hydrogens (tertiary/aromatic N) is 2. The largest absolute Gasteiger partial charge is 0.462 e. The van der Waals surface area contributed by atoms with E-state index in [2.05, 4.69) is 17.1 Å². The van der Waals surface area contributed by atoms with Gasteiger partial charge < -0.3 is 9.30 Å². The highest BCUT2D eigenvalue weighted by molar-refractivity contribution is 7.08. The van der Waals surface area contributed by atoms with Crippen molar-refractivity contribution in [1.82, 2.24) is 9.55 Å². The molecular weight excluding hydrogens is 320 g/mol. The molecule has 0 unspecified atom stereocenters. The maximum absolute atomic E-state index is 12.4. The molecule has 0 radical (unpaired) electrons. The Balaban J connectivity index is 1.97. The van der Waals surface area contributed by atoms with Gasteiger partial charge in [-0.15, -0.1) is 0 Å². The van der Waals surface area contributed by atoms with Gasteiger partial charge in [-0.05, 0) is 41.0 Å². The Bertz CT molecular complexity index is 820. The highest BCUT2D eigenvalue weighted by atomic mass is 32.1. The number of benzene rings is 1. The molecule has 0 aliphatic carbocycles. The molecule has 0 N–H and O–H groups in total. The molecule has 24 heavy (non-hydrogen) atoms. The maximum Gasteiger partial charge on any atom is 0.341 e. The highest BCUT2D eigenvalue weighted by Crippen LogP contribution is 2.21. The molecule has 0 amide bonds. The molecule has 122 valence electrons. The van der Waals surface area contributed by atoms with E-state index >= 15 is 0 Å². The van der Waals surface area contributed by atoms with Gasteiger partial charge >= 0.3 is 5.97 Å². The standard InChI is InChI=1S/C19H18N2O2S/c1-2-23-19(22)17(12-16-8-11-24-14-16)18-20-9-10-21(18)13-15-6-4-3-5-7-15/h3-12,14H,2,13H2,1H3/b17-12+. The molecule has 0 atom stereocenters. The number of rotatable bonds is 6. The number of esters is 1. The van der Waals surface area contributed by atoms with Crippen LogP contribution >= 0.6 is 11.3 Å². The van der Waals surface area contributed by atoms with Crippen LogP contribution in [0.2, 0.25) is 0 Å². The molecule has 0 saturated heterocycles. The molecular formula is C19H18N2O2S. The Morgan fingerprint density at radius 1 is 1.29 bits per heavy atom. The normalized spacial score (nSPS) is 11.5. The lowest BCUT2D eigenvalue weighted by Gasteiger charge is -2.11. The molecule has 4 nitrogen and oxygen atoms in total. The van der Waals surface area contributed by atoms with Gasteiger partial charge in [0.05, 0.1) is 6.61 Å². The zero-order valence-electron chi connectivity index (χ0n) is 13.4. The van der Waals surface area contributed by atoms with Gasteiger partial charge in [0.25, 0.3) is 0 Å². The third kappa shape index (κ3) is 3.81. The summed E-state index contributed by atoms with van der Waals surface area (Å²) >= 11 is 1.59. The molecule has 0 saturated carbocycles. The lowest BCUT2D eigenvalue weighted by molar-refractivity contribution is -0.136. The van der Waals surface area contributed by atoms with E-state index in [1.807, 2.05) is 51.9 Å². The summed E-state index contributed by atoms with van der Waals surface area (Å²) in [6, 6.07) is 12.1. The van der Waals surface area contributed by atoms with E-state index in [4.69, 9.17) is 4.74 Å². The van der Waals surface area contributed by atoms with E-state index in [9.17, 15) is 4.79 Å². The van der Waals surface area contributed by atoms with Crippen molar-refractivity contribution in [1.29, 1.82) is 0 Å². The van der Waals surface area contributed by atoms with Crippen LogP contribution in [0.25, 0.3) is 11.6 Å². The number of aromatic nitrogens is 2. The van der Waals surface area contributed by atoms with Crippen LogP contribution in [-0.2, 0) is 16.1 Å². The van der Waals surface area contributed by atoms with Gasteiger partial charge in [0.1, 0.15) is 11.4 Å². The Labute approximate surface area is 145 Å². The van der Waals surface area contributed by atoms with Crippen LogP contribution < -0.4 is 0 Å². The van der Waals surface area contributed by atoms with E-state index in [1.165, 1.54) is 0 Å². The molecule has 0 fully saturated rings. The molecule has 0 aliphatic rings. The van der Waals surface area contributed by atoms with Crippen LogP contribution in [-0.4, -0.2) is 22.1 Å². The summed E-state index contributed by atoms with van der Waals surface area (Å²) in [6.07, 6.45) is 5.42. The molecule has 2 aromatic heterocycles. The molecule has 5 heteroatoms. The van der Waals surface area contributed by atoms with Crippen LogP contribution in [0.5, 0.6) is 0 Å². The van der Waals surface area contributed by atoms with Crippen LogP contribution in [0.4, 0.5) is 0 Å². The Kier molecular flexibility index (Phi) is 5.23. The Hall–Kier alpha value is -2.66. The molecule has 2 heterocycles. The predicted molar refractivity (Wildman–Crippen MR) is 96.6 cm³/mol. The number of carbonyl (C=O) groups excluding carboxylic acids is 1. The summed E-state index contributed by atoms with van der Waals surface area (Å²) in [5, 5.41) is 3.97. The molecule has 0 spiro atoms. The zero-order chi connectivity index (χ0) is 16.8. The second-order valence-corrected chi connectivity index (χ2v) is 5.98. The SMILES string of the molecule is CCOC(=O)/C(=C/c1ccsc1)c1nccn1Cc1ccccc1. The number of hydrogen-bond acceptors (Lipinski definition) is 4. The van der Waals surface area contributed by atoms with Gasteiger partial charge in [0, 0.05) is 18.9 Å². The third-order valence-corrected chi connectivity index (χ3v) is 4.20. The number of ether oxygens (including phenoxy) is 1. The third-order valence-electron chi connectivity index (χ3n) is 3.50. The van der Waals surface area contributed by atoms with E-state index in [1.54, 1.807) is 24.5 Å². The summed E-state index contributed by atoms with van der Waals surface area (Å²) in [5.74, 6) is 0.257. The Morgan fingerprint density at radius 2 is 2.12 bits per heavy atom. The van der Waals surface area contributed by atoms with Crippen molar-refractivity contribution in [2.45, 2.75) is 13.5 Å². The first-order chi connectivity index (χ1) is 11.8. The summed E-state index contributed by atoms with van der Waals surface area (Å²) < 4.78 is 7.19. The smallest absolute Gasteiger partial charge is 0.341 e. The van der Waals surface area contributed by atoms with Gasteiger partial charge in [0.2, 0.25) is 0 Å². The van der Waals surface area contributed by atoms with Gasteiger partial charge in [0.15, 0.2) is 0 Å². The molecule has 3 rings (SSSR count). The summed E-state index contributed by atoms with van der Waals surface area (Å²) in [4.78, 5) is 16.8. The first-order valence-electron chi connectivity index (χ1n) is 7.74. The second kappa shape index (κ2) is 7.75. The minimum absolute atomic E-state index is 0.333. The molecule has 0 aliphatic heterocycles. The van der Waals surface area contributed by atoms with Crippen LogP contribution in [0, 0.1) is 0 Å². The van der Waals surface area contributed by atoms with Crippen molar-refractivity contribution >= 4 is 29.0 Å². The van der Waals surface area contributed by atoms with Crippen molar-refractivity contribution in [3.8, 4) is 0 Å². The van der Waals surface area contributed by atoms with E-state index in [0.717, 1.165) is 11.1 Å². The van der Waals surface area contributed by atoms with Gasteiger partial charge in [-0.1, -0.05) is 30.3 Å². The first kappa shape index (κ1) is 16.2. The summed E-state index contributed by atoms with van der Waals surface area (Å²) in [7, 11) is 0. The number of hydrogen-bond donors (Lipinski definition) is 0. The summed E-state index contributed by atoms with van der Waals surface area (Å²) in [6.45, 7) is 2.78. The van der Waals surface area contributed by atoms with E-state index in [-0.39, 0.29) is 5.97 Å². The number of carbonyl (C=O) groups is 1. The topological polar surface area (TPSA) is 44.1 Å². The molecule has 0 bridgehead atoms. The van der Waals surface area contributed by atoms with Crippen molar-refractivity contribution in [2.24, 2.45) is 0 Å². The van der Waals surface area contributed by atoms with Crippen molar-refractivity contribution in [2.75, 3.05) is 6.61 Å². The fourth-order valence-electron chi connectivity index (χ4n) is 2.41. The average Bonchev–Trinajstić information content (AvgIpc) is 3.25. The number of thiophene rings is 1. The van der Waals surface area contributed by atoms with Crippen molar-refractivity contribution in [3.05, 3.63) is 76.5 Å². The van der Waals surface area contributed by atoms with Gasteiger partial charge in [-0.2, -0.15) is 11.3 Å². The monoisotopic (exact) mass is 338 g/mol. The molecule has 3 aromatic rings. The quantitative estimate of drug-likeness (QED) is 0.502. The van der Waals surface area contributed by atoms with Crippen LogP contribution in [0.1, 0.15) is 23.9 Å². The van der Waals surface area contributed by atoms with Gasteiger partial charge in [-0.25, -0.2) is 9.78 Å². The lowest BCUT2D eigenvalue weighted by atomic mass is 10.1. The van der Waals surface area contributed by atoms with E-state index in [0.29, 0.717) is 24.5 Å². The van der Waals surface area contributed by atoms with Crippen molar-refractivity contribution < 1.29 is 9.53 Å². The predicted octanol–water partition coefficient (Wildman–Crippen LogP) is 4.10. The fourth-order valence-corrected chi connectivity index (χ4v) is 3.03. The second-order valence-electron chi connectivity index (χ2n) is 5.20. The van der Waals surface area contributed by atoms with E-state index < -0.39 is 0 Å². The molecule has 1 aromatic carbocycles. The fraction of sp³-hybridized carbons (Fsp3) is 0.158. The number of imidazole rings is 1. The first-order valence-corrected chi connectivity index (χ1v) is 8.68. The van der Waals surface area contributed by atoms with Crippen LogP contribution in [0.3, 0.4) is 0 Å². The maximum atomic E-state index is 12.4. The minimum Gasteiger partial charge on any atom is -0.462 e. The van der Waals surface area contributed by atoms with Crippen molar-refractivity contribution in [3.63, 3.8) is 0 Å². The highest BCUT2D eigenvalue weighted by Gasteiger charge is 2.18. The summed E-state index contributed by atoms with van der Waals surface area (Å²) in [5.41, 5.74) is 2.59. The zero-order valence-corrected chi connectivity index (χ0v) is 14.2. The lowest BCUT2D eigenvalue weighted by Crippen LogP contribution is -2.12.